The fourth-order valence-electron chi connectivity index (χ4n) is 2.10. The van der Waals surface area contributed by atoms with Gasteiger partial charge in [0.05, 0.1) is 17.6 Å². The lowest BCUT2D eigenvalue weighted by molar-refractivity contribution is -0.885. The molecule has 2 atom stereocenters. The summed E-state index contributed by atoms with van der Waals surface area (Å²) in [6, 6.07) is 3.90. The molecule has 7 heteroatoms. The van der Waals surface area contributed by atoms with E-state index in [1.807, 2.05) is 6.92 Å². The van der Waals surface area contributed by atoms with Gasteiger partial charge in [0.15, 0.2) is 6.54 Å². The lowest BCUT2D eigenvalue weighted by Crippen LogP contribution is -3.09. The number of nitrogens with one attached hydrogen (secondary N) is 3. The van der Waals surface area contributed by atoms with Crippen molar-refractivity contribution in [3.63, 3.8) is 0 Å². The predicted octanol–water partition coefficient (Wildman–Crippen LogP) is 0.525. The van der Waals surface area contributed by atoms with Crippen molar-refractivity contribution in [1.29, 1.82) is 0 Å². The number of carbonyl (C=O) groups excluding carboxylic acids is 2. The van der Waals surface area contributed by atoms with Crippen LogP contribution >= 0.6 is 11.6 Å². The highest BCUT2D eigenvalue weighted by Gasteiger charge is 2.19. The second-order valence-electron chi connectivity index (χ2n) is 5.59. The van der Waals surface area contributed by atoms with Crippen LogP contribution in [0.5, 0.6) is 0 Å². The van der Waals surface area contributed by atoms with E-state index < -0.39 is 6.04 Å². The lowest BCUT2D eigenvalue weighted by atomic mass is 10.2. The Morgan fingerprint density at radius 3 is 2.70 bits per heavy atom. The molecule has 3 N–H and O–H groups in total. The van der Waals surface area contributed by atoms with E-state index in [0.717, 1.165) is 11.3 Å². The average Bonchev–Trinajstić information content (AvgIpc) is 2.48. The first-order chi connectivity index (χ1) is 10.8. The number of likely N-dealkylation sites (N-methyl/N-ethyl adjacent to an activating group) is 1. The van der Waals surface area contributed by atoms with E-state index in [-0.39, 0.29) is 30.7 Å². The molecule has 1 aromatic rings. The molecule has 0 radical (unpaired) electrons. The Bertz CT molecular complexity index is 534. The van der Waals surface area contributed by atoms with Crippen molar-refractivity contribution in [3.8, 4) is 0 Å². The third-order valence-electron chi connectivity index (χ3n) is 3.32. The molecule has 0 bridgehead atoms. The van der Waals surface area contributed by atoms with Crippen LogP contribution in [0.4, 0.5) is 4.39 Å². The Labute approximate surface area is 141 Å². The van der Waals surface area contributed by atoms with Gasteiger partial charge in [-0.3, -0.25) is 9.59 Å². The molecular formula is C16H24ClFN3O2+. The van der Waals surface area contributed by atoms with Crippen LogP contribution in [0.1, 0.15) is 25.8 Å². The molecule has 1 rings (SSSR count). The van der Waals surface area contributed by atoms with Crippen molar-refractivity contribution in [2.45, 2.75) is 32.9 Å². The van der Waals surface area contributed by atoms with Crippen molar-refractivity contribution in [2.24, 2.45) is 0 Å². The summed E-state index contributed by atoms with van der Waals surface area (Å²) in [5.74, 6) is -0.867. The highest BCUT2D eigenvalue weighted by atomic mass is 35.5. The third kappa shape index (κ3) is 6.54. The van der Waals surface area contributed by atoms with E-state index in [2.05, 4.69) is 10.6 Å². The lowest BCUT2D eigenvalue weighted by Gasteiger charge is -2.17. The Kier molecular flexibility index (Phi) is 7.98. The quantitative estimate of drug-likeness (QED) is 0.644. The predicted molar refractivity (Wildman–Crippen MR) is 87.8 cm³/mol. The van der Waals surface area contributed by atoms with Gasteiger partial charge < -0.3 is 15.5 Å². The smallest absolute Gasteiger partial charge is 0.275 e. The Hall–Kier alpha value is -1.66. The SMILES string of the molecule is CCCNC(=O)[C@H](C)NC(=O)C[NH+](C)Cc1c(F)cccc1Cl. The number of rotatable bonds is 8. The van der Waals surface area contributed by atoms with Crippen LogP contribution in [0.15, 0.2) is 18.2 Å². The summed E-state index contributed by atoms with van der Waals surface area (Å²) in [6.45, 7) is 4.57. The number of hydrogen-bond donors (Lipinski definition) is 3. The van der Waals surface area contributed by atoms with Crippen molar-refractivity contribution < 1.29 is 18.9 Å². The van der Waals surface area contributed by atoms with Crippen molar-refractivity contribution in [3.05, 3.63) is 34.6 Å². The summed E-state index contributed by atoms with van der Waals surface area (Å²) in [5.41, 5.74) is 0.383. The molecular weight excluding hydrogens is 321 g/mol. The summed E-state index contributed by atoms with van der Waals surface area (Å²) in [5, 5.41) is 5.70. The summed E-state index contributed by atoms with van der Waals surface area (Å²) in [4.78, 5) is 24.4. The van der Waals surface area contributed by atoms with E-state index in [1.54, 1.807) is 26.1 Å². The first kappa shape index (κ1) is 19.4. The van der Waals surface area contributed by atoms with Crippen molar-refractivity contribution in [2.75, 3.05) is 20.1 Å². The summed E-state index contributed by atoms with van der Waals surface area (Å²) >= 11 is 5.98. The number of carbonyl (C=O) groups is 2. The minimum absolute atomic E-state index is 0.121. The molecule has 0 aliphatic heterocycles. The third-order valence-corrected chi connectivity index (χ3v) is 3.68. The van der Waals surface area contributed by atoms with Gasteiger partial charge in [-0.05, 0) is 25.5 Å². The molecule has 0 heterocycles. The molecule has 0 spiro atoms. The number of hydrogen-bond acceptors (Lipinski definition) is 2. The molecule has 1 aromatic carbocycles. The van der Waals surface area contributed by atoms with E-state index >= 15 is 0 Å². The minimum atomic E-state index is -0.598. The van der Waals surface area contributed by atoms with Crippen molar-refractivity contribution >= 4 is 23.4 Å². The van der Waals surface area contributed by atoms with Crippen LogP contribution in [-0.4, -0.2) is 38.0 Å². The molecule has 0 aromatic heterocycles. The second-order valence-corrected chi connectivity index (χ2v) is 6.00. The number of amides is 2. The zero-order chi connectivity index (χ0) is 17.4. The molecule has 0 fully saturated rings. The van der Waals surface area contributed by atoms with Crippen LogP contribution < -0.4 is 15.5 Å². The minimum Gasteiger partial charge on any atom is -0.354 e. The first-order valence-corrected chi connectivity index (χ1v) is 8.04. The molecule has 23 heavy (non-hydrogen) atoms. The van der Waals surface area contributed by atoms with E-state index in [9.17, 15) is 14.0 Å². The molecule has 0 saturated heterocycles. The molecule has 0 aliphatic carbocycles. The van der Waals surface area contributed by atoms with Gasteiger partial charge in [-0.25, -0.2) is 4.39 Å². The van der Waals surface area contributed by atoms with E-state index in [0.29, 0.717) is 17.1 Å². The molecule has 2 amide bonds. The van der Waals surface area contributed by atoms with E-state index in [4.69, 9.17) is 11.6 Å². The normalized spacial score (nSPS) is 13.3. The summed E-state index contributed by atoms with van der Waals surface area (Å²) < 4.78 is 13.7. The van der Waals surface area contributed by atoms with Crippen LogP contribution in [0.3, 0.4) is 0 Å². The topological polar surface area (TPSA) is 62.6 Å². The maximum atomic E-state index is 13.7. The summed E-state index contributed by atoms with van der Waals surface area (Å²) in [6.07, 6.45) is 0.836. The molecule has 0 aliphatic rings. The number of halogens is 2. The fraction of sp³-hybridized carbons (Fsp3) is 0.500. The van der Waals surface area contributed by atoms with E-state index in [1.165, 1.54) is 6.07 Å². The number of benzene rings is 1. The van der Waals surface area contributed by atoms with Crippen LogP contribution in [0.25, 0.3) is 0 Å². The average molecular weight is 345 g/mol. The zero-order valence-corrected chi connectivity index (χ0v) is 14.5. The van der Waals surface area contributed by atoms with Gasteiger partial charge in [0.2, 0.25) is 5.91 Å². The Morgan fingerprint density at radius 2 is 2.09 bits per heavy atom. The Morgan fingerprint density at radius 1 is 1.39 bits per heavy atom. The molecule has 128 valence electrons. The molecule has 5 nitrogen and oxygen atoms in total. The molecule has 0 saturated carbocycles. The number of quaternary nitrogens is 1. The monoisotopic (exact) mass is 344 g/mol. The fourth-order valence-corrected chi connectivity index (χ4v) is 2.33. The Balaban J connectivity index is 2.49. The maximum Gasteiger partial charge on any atom is 0.275 e. The largest absolute Gasteiger partial charge is 0.354 e. The van der Waals surface area contributed by atoms with Gasteiger partial charge in [-0.1, -0.05) is 24.6 Å². The van der Waals surface area contributed by atoms with Gasteiger partial charge in [-0.15, -0.1) is 0 Å². The standard InChI is InChI=1S/C16H23ClFN3O2/c1-4-8-19-16(23)11(2)20-15(22)10-21(3)9-12-13(17)6-5-7-14(12)18/h5-7,11H,4,8-10H2,1-3H3,(H,19,23)(H,20,22)/p+1/t11-/m0/s1. The van der Waals surface area contributed by atoms with Crippen LogP contribution in [0, 0.1) is 5.82 Å². The van der Waals surface area contributed by atoms with Gasteiger partial charge in [0.25, 0.3) is 5.91 Å². The van der Waals surface area contributed by atoms with Crippen LogP contribution in [-0.2, 0) is 16.1 Å². The zero-order valence-electron chi connectivity index (χ0n) is 13.7. The highest BCUT2D eigenvalue weighted by Crippen LogP contribution is 2.17. The molecule has 1 unspecified atom stereocenters. The van der Waals surface area contributed by atoms with Crippen LogP contribution in [0.2, 0.25) is 5.02 Å². The van der Waals surface area contributed by atoms with Crippen molar-refractivity contribution in [1.82, 2.24) is 10.6 Å². The second kappa shape index (κ2) is 9.47. The first-order valence-electron chi connectivity index (χ1n) is 7.66. The maximum absolute atomic E-state index is 13.7. The summed E-state index contributed by atoms with van der Waals surface area (Å²) in [7, 11) is 1.77. The van der Waals surface area contributed by atoms with Gasteiger partial charge in [0, 0.05) is 6.54 Å². The van der Waals surface area contributed by atoms with Gasteiger partial charge >= 0.3 is 0 Å². The highest BCUT2D eigenvalue weighted by molar-refractivity contribution is 6.31. The van der Waals surface area contributed by atoms with Gasteiger partial charge in [0.1, 0.15) is 18.4 Å². The van der Waals surface area contributed by atoms with Gasteiger partial charge in [-0.2, -0.15) is 0 Å².